The van der Waals surface area contributed by atoms with Gasteiger partial charge in [-0.05, 0) is 37.1 Å². The highest BCUT2D eigenvalue weighted by Gasteiger charge is 2.33. The van der Waals surface area contributed by atoms with Crippen LogP contribution in [-0.4, -0.2) is 49.9 Å². The van der Waals surface area contributed by atoms with E-state index >= 15 is 0 Å². The van der Waals surface area contributed by atoms with Gasteiger partial charge in [-0.2, -0.15) is 4.31 Å². The molecule has 1 fully saturated rings. The van der Waals surface area contributed by atoms with E-state index < -0.39 is 33.6 Å². The van der Waals surface area contributed by atoms with E-state index in [4.69, 9.17) is 0 Å². The number of methoxy groups -OCH3 is 1. The van der Waals surface area contributed by atoms with Gasteiger partial charge in [-0.3, -0.25) is 4.79 Å². The summed E-state index contributed by atoms with van der Waals surface area (Å²) in [5.41, 5.74) is 0.00293. The number of nitrogens with one attached hydrogen (secondary N) is 1. The topological polar surface area (TPSA) is 113 Å². The number of rotatable bonds is 5. The average molecular weight is 418 g/mol. The van der Waals surface area contributed by atoms with Crippen molar-refractivity contribution in [2.24, 2.45) is 5.92 Å². The van der Waals surface area contributed by atoms with Gasteiger partial charge >= 0.3 is 5.97 Å². The fraction of sp³-hybridized carbons (Fsp3) is 0.300. The molecule has 2 aromatic carbocycles. The Morgan fingerprint density at radius 1 is 1.14 bits per heavy atom. The van der Waals surface area contributed by atoms with Gasteiger partial charge in [0.2, 0.25) is 15.9 Å². The summed E-state index contributed by atoms with van der Waals surface area (Å²) in [6.07, 6.45) is 1.06. The highest BCUT2D eigenvalue weighted by Crippen LogP contribution is 2.30. The zero-order chi connectivity index (χ0) is 21.0. The molecule has 1 unspecified atom stereocenters. The lowest BCUT2D eigenvalue weighted by Crippen LogP contribution is -2.43. The summed E-state index contributed by atoms with van der Waals surface area (Å²) in [5, 5.41) is 12.8. The van der Waals surface area contributed by atoms with Crippen molar-refractivity contribution >= 4 is 27.6 Å². The number of anilines is 1. The molecule has 0 aliphatic carbocycles. The molecule has 9 heteroatoms. The third kappa shape index (κ3) is 4.41. The highest BCUT2D eigenvalue weighted by atomic mass is 32.2. The predicted octanol–water partition coefficient (Wildman–Crippen LogP) is 2.22. The summed E-state index contributed by atoms with van der Waals surface area (Å²) in [6, 6.07) is 12.4. The zero-order valence-corrected chi connectivity index (χ0v) is 16.7. The van der Waals surface area contributed by atoms with Crippen LogP contribution < -0.4 is 5.32 Å². The standard InChI is InChI=1S/C20H22N2O6S/c1-28-20(25)16-10-5-11-17(18(16)23)21-19(24)14-7-6-12-22(13-14)29(26,27)15-8-3-2-4-9-15/h2-5,8-11,14,23H,6-7,12-13H2,1H3,(H,21,24). The lowest BCUT2D eigenvalue weighted by molar-refractivity contribution is -0.120. The second kappa shape index (κ2) is 8.62. The Balaban J connectivity index is 1.75. The molecule has 0 aromatic heterocycles. The molecule has 1 aliphatic rings. The van der Waals surface area contributed by atoms with Crippen LogP contribution in [-0.2, 0) is 19.6 Å². The Morgan fingerprint density at radius 3 is 2.55 bits per heavy atom. The van der Waals surface area contributed by atoms with Crippen molar-refractivity contribution in [2.45, 2.75) is 17.7 Å². The Morgan fingerprint density at radius 2 is 1.86 bits per heavy atom. The van der Waals surface area contributed by atoms with Crippen LogP contribution in [0.1, 0.15) is 23.2 Å². The van der Waals surface area contributed by atoms with Crippen molar-refractivity contribution in [3.05, 3.63) is 54.1 Å². The number of amides is 1. The van der Waals surface area contributed by atoms with Crippen molar-refractivity contribution in [3.8, 4) is 5.75 Å². The number of carbonyl (C=O) groups excluding carboxylic acids is 2. The number of sulfonamides is 1. The van der Waals surface area contributed by atoms with E-state index in [0.717, 1.165) is 0 Å². The number of hydrogen-bond donors (Lipinski definition) is 2. The fourth-order valence-corrected chi connectivity index (χ4v) is 4.81. The normalized spacial score (nSPS) is 17.5. The van der Waals surface area contributed by atoms with E-state index in [1.165, 1.54) is 41.7 Å². The number of aromatic hydroxyl groups is 1. The van der Waals surface area contributed by atoms with Crippen LogP contribution in [0.4, 0.5) is 5.69 Å². The number of piperidine rings is 1. The molecular weight excluding hydrogens is 396 g/mol. The monoisotopic (exact) mass is 418 g/mol. The SMILES string of the molecule is COC(=O)c1cccc(NC(=O)C2CCCN(S(=O)(=O)c3ccccc3)C2)c1O. The van der Waals surface area contributed by atoms with Crippen LogP contribution >= 0.6 is 0 Å². The Labute approximate surface area is 169 Å². The smallest absolute Gasteiger partial charge is 0.341 e. The maximum absolute atomic E-state index is 12.8. The first kappa shape index (κ1) is 20.8. The maximum Gasteiger partial charge on any atom is 0.341 e. The molecule has 8 nitrogen and oxygen atoms in total. The first-order valence-corrected chi connectivity index (χ1v) is 10.5. The molecule has 1 aliphatic heterocycles. The summed E-state index contributed by atoms with van der Waals surface area (Å²) >= 11 is 0. The molecule has 0 saturated carbocycles. The van der Waals surface area contributed by atoms with Crippen LogP contribution in [0.3, 0.4) is 0 Å². The second-order valence-electron chi connectivity index (χ2n) is 6.70. The third-order valence-electron chi connectivity index (χ3n) is 4.84. The van der Waals surface area contributed by atoms with Crippen LogP contribution in [0.15, 0.2) is 53.4 Å². The average Bonchev–Trinajstić information content (AvgIpc) is 2.75. The van der Waals surface area contributed by atoms with Crippen molar-refractivity contribution in [1.82, 2.24) is 4.31 Å². The predicted molar refractivity (Wildman–Crippen MR) is 106 cm³/mol. The number of hydrogen-bond acceptors (Lipinski definition) is 6. The van der Waals surface area contributed by atoms with Crippen molar-refractivity contribution in [1.29, 1.82) is 0 Å². The van der Waals surface area contributed by atoms with Gasteiger partial charge in [0.15, 0.2) is 5.75 Å². The van der Waals surface area contributed by atoms with E-state index in [0.29, 0.717) is 19.4 Å². The molecule has 0 radical (unpaired) electrons. The van der Waals surface area contributed by atoms with Crippen LogP contribution in [0, 0.1) is 5.92 Å². The Hall–Kier alpha value is -2.91. The first-order chi connectivity index (χ1) is 13.8. The van der Waals surface area contributed by atoms with Gasteiger partial charge in [-0.1, -0.05) is 24.3 Å². The number of carbonyl (C=O) groups is 2. The van der Waals surface area contributed by atoms with E-state index in [-0.39, 0.29) is 22.7 Å². The molecule has 2 aromatic rings. The molecule has 1 atom stereocenters. The molecule has 1 saturated heterocycles. The molecule has 3 rings (SSSR count). The van der Waals surface area contributed by atoms with E-state index in [9.17, 15) is 23.1 Å². The fourth-order valence-electron chi connectivity index (χ4n) is 3.27. The second-order valence-corrected chi connectivity index (χ2v) is 8.64. The van der Waals surface area contributed by atoms with Crippen LogP contribution in [0.5, 0.6) is 5.75 Å². The number of ether oxygens (including phenoxy) is 1. The Kier molecular flexibility index (Phi) is 6.19. The van der Waals surface area contributed by atoms with E-state index in [2.05, 4.69) is 10.1 Å². The number of phenols is 1. The summed E-state index contributed by atoms with van der Waals surface area (Å²) in [7, 11) is -2.50. The number of phenolic OH excluding ortho intramolecular Hbond substituents is 1. The summed E-state index contributed by atoms with van der Waals surface area (Å²) in [5.74, 6) is -2.12. The number of esters is 1. The van der Waals surface area contributed by atoms with Crippen LogP contribution in [0.2, 0.25) is 0 Å². The van der Waals surface area contributed by atoms with Gasteiger partial charge in [-0.25, -0.2) is 13.2 Å². The van der Waals surface area contributed by atoms with E-state index in [1.807, 2.05) is 0 Å². The minimum Gasteiger partial charge on any atom is -0.505 e. The minimum atomic E-state index is -3.69. The number of para-hydroxylation sites is 1. The van der Waals surface area contributed by atoms with Gasteiger partial charge in [0.1, 0.15) is 5.56 Å². The zero-order valence-electron chi connectivity index (χ0n) is 15.9. The van der Waals surface area contributed by atoms with Gasteiger partial charge in [0, 0.05) is 13.1 Å². The van der Waals surface area contributed by atoms with Gasteiger partial charge in [0.05, 0.1) is 23.6 Å². The Bertz CT molecular complexity index is 1010. The third-order valence-corrected chi connectivity index (χ3v) is 6.71. The lowest BCUT2D eigenvalue weighted by atomic mass is 9.98. The van der Waals surface area contributed by atoms with Gasteiger partial charge < -0.3 is 15.2 Å². The molecular formula is C20H22N2O6S. The molecule has 154 valence electrons. The van der Waals surface area contributed by atoms with Crippen molar-refractivity contribution < 1.29 is 27.9 Å². The highest BCUT2D eigenvalue weighted by molar-refractivity contribution is 7.89. The lowest BCUT2D eigenvalue weighted by Gasteiger charge is -2.31. The van der Waals surface area contributed by atoms with Gasteiger partial charge in [-0.15, -0.1) is 0 Å². The van der Waals surface area contributed by atoms with Gasteiger partial charge in [0.25, 0.3) is 0 Å². The van der Waals surface area contributed by atoms with E-state index in [1.54, 1.807) is 18.2 Å². The number of benzene rings is 2. The molecule has 0 spiro atoms. The summed E-state index contributed by atoms with van der Waals surface area (Å²) in [6.45, 7) is 0.380. The molecule has 1 heterocycles. The molecule has 0 bridgehead atoms. The van der Waals surface area contributed by atoms with Crippen LogP contribution in [0.25, 0.3) is 0 Å². The maximum atomic E-state index is 12.8. The number of nitrogens with zero attached hydrogens (tertiary/aromatic N) is 1. The summed E-state index contributed by atoms with van der Waals surface area (Å²) < 4.78 is 31.6. The molecule has 2 N–H and O–H groups in total. The minimum absolute atomic E-state index is 0.0422. The van der Waals surface area contributed by atoms with Crippen molar-refractivity contribution in [2.75, 3.05) is 25.5 Å². The first-order valence-electron chi connectivity index (χ1n) is 9.11. The largest absolute Gasteiger partial charge is 0.505 e. The molecule has 1 amide bonds. The summed E-state index contributed by atoms with van der Waals surface area (Å²) in [4.78, 5) is 24.6. The quantitative estimate of drug-likeness (QED) is 0.569. The van der Waals surface area contributed by atoms with Crippen molar-refractivity contribution in [3.63, 3.8) is 0 Å². The molecule has 29 heavy (non-hydrogen) atoms.